The molecule has 1 N–H and O–H groups in total. The highest BCUT2D eigenvalue weighted by Gasteiger charge is 2.35. The summed E-state index contributed by atoms with van der Waals surface area (Å²) in [5.74, 6) is 1.54. The Kier molecular flexibility index (Phi) is 5.85. The maximum atomic E-state index is 12.7. The lowest BCUT2D eigenvalue weighted by Crippen LogP contribution is -2.32. The van der Waals surface area contributed by atoms with Gasteiger partial charge in [-0.2, -0.15) is 0 Å². The van der Waals surface area contributed by atoms with Crippen LogP contribution in [0.25, 0.3) is 0 Å². The van der Waals surface area contributed by atoms with Gasteiger partial charge in [0.1, 0.15) is 12.4 Å². The molecule has 0 spiro atoms. The highest BCUT2D eigenvalue weighted by atomic mass is 16.7. The molecule has 5 rings (SSSR count). The van der Waals surface area contributed by atoms with E-state index in [1.165, 1.54) is 0 Å². The average molecular weight is 444 g/mol. The van der Waals surface area contributed by atoms with Gasteiger partial charge in [0.05, 0.1) is 5.92 Å². The van der Waals surface area contributed by atoms with Crippen LogP contribution in [0.3, 0.4) is 0 Å². The fraction of sp³-hybridized carbons (Fsp3) is 0.231. The van der Waals surface area contributed by atoms with Crippen molar-refractivity contribution in [2.75, 3.05) is 18.2 Å². The Morgan fingerprint density at radius 3 is 2.58 bits per heavy atom. The van der Waals surface area contributed by atoms with Gasteiger partial charge >= 0.3 is 0 Å². The second kappa shape index (κ2) is 9.24. The predicted octanol–water partition coefficient (Wildman–Crippen LogP) is 3.66. The number of amides is 2. The molecule has 3 aromatic carbocycles. The molecule has 2 aliphatic rings. The Bertz CT molecular complexity index is 1150. The molecule has 1 atom stereocenters. The fourth-order valence-electron chi connectivity index (χ4n) is 3.98. The van der Waals surface area contributed by atoms with Gasteiger partial charge in [-0.15, -0.1) is 0 Å². The zero-order valence-electron chi connectivity index (χ0n) is 18.0. The molecule has 1 fully saturated rings. The van der Waals surface area contributed by atoms with Crippen LogP contribution in [0.5, 0.6) is 17.2 Å². The van der Waals surface area contributed by atoms with Gasteiger partial charge < -0.3 is 24.4 Å². The number of anilines is 1. The normalized spacial score (nSPS) is 16.7. The summed E-state index contributed by atoms with van der Waals surface area (Å²) in [6.07, 6.45) is 0.194. The minimum Gasteiger partial charge on any atom is -0.489 e. The number of ether oxygens (including phenoxy) is 3. The third-order valence-corrected chi connectivity index (χ3v) is 5.80. The zero-order chi connectivity index (χ0) is 22.6. The molecule has 7 heteroatoms. The van der Waals surface area contributed by atoms with E-state index in [4.69, 9.17) is 14.2 Å². The quantitative estimate of drug-likeness (QED) is 0.602. The summed E-state index contributed by atoms with van der Waals surface area (Å²) < 4.78 is 16.5. The molecule has 0 aliphatic carbocycles. The molecular weight excluding hydrogens is 420 g/mol. The number of hydrogen-bond donors (Lipinski definition) is 1. The Morgan fingerprint density at radius 1 is 0.970 bits per heavy atom. The first-order valence-electron chi connectivity index (χ1n) is 10.9. The van der Waals surface area contributed by atoms with E-state index in [0.29, 0.717) is 31.2 Å². The van der Waals surface area contributed by atoms with Crippen molar-refractivity contribution in [3.05, 3.63) is 83.9 Å². The number of nitrogens with zero attached hydrogens (tertiary/aromatic N) is 1. The number of fused-ring (bicyclic) bond motifs is 1. The van der Waals surface area contributed by atoms with Crippen LogP contribution in [0.1, 0.15) is 17.5 Å². The molecule has 1 saturated heterocycles. The fourth-order valence-corrected chi connectivity index (χ4v) is 3.98. The zero-order valence-corrected chi connectivity index (χ0v) is 18.0. The first kappa shape index (κ1) is 20.9. The summed E-state index contributed by atoms with van der Waals surface area (Å²) in [4.78, 5) is 26.9. The number of carbonyl (C=O) groups is 2. The highest BCUT2D eigenvalue weighted by molar-refractivity contribution is 6.00. The molecule has 2 amide bonds. The van der Waals surface area contributed by atoms with E-state index in [-0.39, 0.29) is 30.9 Å². The minimum absolute atomic E-state index is 0.0591. The summed E-state index contributed by atoms with van der Waals surface area (Å²) in [6.45, 7) is 1.42. The van der Waals surface area contributed by atoms with Gasteiger partial charge in [-0.05, 0) is 47.5 Å². The number of carbonyl (C=O) groups excluding carboxylic acids is 2. The average Bonchev–Trinajstić information content (AvgIpc) is 3.48. The second-order valence-corrected chi connectivity index (χ2v) is 8.08. The highest BCUT2D eigenvalue weighted by Crippen LogP contribution is 2.32. The second-order valence-electron chi connectivity index (χ2n) is 8.08. The third kappa shape index (κ3) is 4.77. The van der Waals surface area contributed by atoms with Crippen molar-refractivity contribution in [3.63, 3.8) is 0 Å². The molecule has 33 heavy (non-hydrogen) atoms. The topological polar surface area (TPSA) is 77.1 Å². The molecule has 0 unspecified atom stereocenters. The first-order chi connectivity index (χ1) is 16.2. The van der Waals surface area contributed by atoms with Crippen LogP contribution in [0.15, 0.2) is 72.8 Å². The molecule has 0 bridgehead atoms. The minimum atomic E-state index is -0.388. The van der Waals surface area contributed by atoms with Crippen molar-refractivity contribution in [2.45, 2.75) is 19.6 Å². The number of rotatable bonds is 7. The summed E-state index contributed by atoms with van der Waals surface area (Å²) in [5.41, 5.74) is 2.77. The number of nitrogens with one attached hydrogen (secondary N) is 1. The van der Waals surface area contributed by atoms with Gasteiger partial charge in [-0.25, -0.2) is 0 Å². The monoisotopic (exact) mass is 444 g/mol. The van der Waals surface area contributed by atoms with Crippen LogP contribution in [0.4, 0.5) is 5.69 Å². The van der Waals surface area contributed by atoms with Gasteiger partial charge in [0.25, 0.3) is 0 Å². The lowest BCUT2D eigenvalue weighted by Gasteiger charge is -2.17. The van der Waals surface area contributed by atoms with Gasteiger partial charge in [0.15, 0.2) is 11.5 Å². The standard InChI is InChI=1S/C26H24N2O5/c29-25-13-20(26(30)27-14-19-6-11-23-24(12-19)33-17-32-23)15-28(25)21-7-9-22(10-8-21)31-16-18-4-2-1-3-5-18/h1-12,20H,13-17H2,(H,27,30)/t20-/m0/s1. The van der Waals surface area contributed by atoms with E-state index < -0.39 is 0 Å². The Morgan fingerprint density at radius 2 is 1.76 bits per heavy atom. The smallest absolute Gasteiger partial charge is 0.231 e. The van der Waals surface area contributed by atoms with E-state index in [0.717, 1.165) is 22.6 Å². The van der Waals surface area contributed by atoms with Crippen molar-refractivity contribution in [1.29, 1.82) is 0 Å². The van der Waals surface area contributed by atoms with E-state index in [1.54, 1.807) is 4.90 Å². The van der Waals surface area contributed by atoms with Crippen molar-refractivity contribution >= 4 is 17.5 Å². The summed E-state index contributed by atoms with van der Waals surface area (Å²) in [7, 11) is 0. The Balaban J connectivity index is 1.15. The van der Waals surface area contributed by atoms with Crippen molar-refractivity contribution < 1.29 is 23.8 Å². The molecule has 0 radical (unpaired) electrons. The number of hydrogen-bond acceptors (Lipinski definition) is 5. The Labute approximate surface area is 191 Å². The van der Waals surface area contributed by atoms with Crippen LogP contribution < -0.4 is 24.4 Å². The Hall–Kier alpha value is -4.00. The van der Waals surface area contributed by atoms with Crippen molar-refractivity contribution in [3.8, 4) is 17.2 Å². The van der Waals surface area contributed by atoms with Crippen LogP contribution in [-0.2, 0) is 22.7 Å². The van der Waals surface area contributed by atoms with E-state index in [1.807, 2.05) is 72.8 Å². The SMILES string of the molecule is O=C(NCc1ccc2c(c1)OCO2)[C@H]1CC(=O)N(c2ccc(OCc3ccccc3)cc2)C1. The number of benzene rings is 3. The summed E-state index contributed by atoms with van der Waals surface area (Å²) in [5, 5.41) is 2.93. The van der Waals surface area contributed by atoms with Gasteiger partial charge in [-0.1, -0.05) is 36.4 Å². The van der Waals surface area contributed by atoms with Crippen LogP contribution >= 0.6 is 0 Å². The van der Waals surface area contributed by atoms with Gasteiger partial charge in [0, 0.05) is 25.2 Å². The molecule has 7 nitrogen and oxygen atoms in total. The third-order valence-electron chi connectivity index (χ3n) is 5.80. The molecule has 2 aliphatic heterocycles. The molecule has 0 aromatic heterocycles. The first-order valence-corrected chi connectivity index (χ1v) is 10.9. The lowest BCUT2D eigenvalue weighted by atomic mass is 10.1. The molecular formula is C26H24N2O5. The van der Waals surface area contributed by atoms with E-state index in [2.05, 4.69) is 5.32 Å². The van der Waals surface area contributed by atoms with Crippen molar-refractivity contribution in [2.24, 2.45) is 5.92 Å². The summed E-state index contributed by atoms with van der Waals surface area (Å²) in [6, 6.07) is 22.9. The van der Waals surface area contributed by atoms with Crippen molar-refractivity contribution in [1.82, 2.24) is 5.32 Å². The predicted molar refractivity (Wildman–Crippen MR) is 122 cm³/mol. The van der Waals surface area contributed by atoms with E-state index >= 15 is 0 Å². The maximum Gasteiger partial charge on any atom is 0.231 e. The maximum absolute atomic E-state index is 12.7. The molecule has 168 valence electrons. The summed E-state index contributed by atoms with van der Waals surface area (Å²) >= 11 is 0. The van der Waals surface area contributed by atoms with E-state index in [9.17, 15) is 9.59 Å². The molecule has 2 heterocycles. The van der Waals surface area contributed by atoms with Gasteiger partial charge in [-0.3, -0.25) is 9.59 Å². The van der Waals surface area contributed by atoms with Crippen LogP contribution in [0, 0.1) is 5.92 Å². The molecule has 3 aromatic rings. The molecule has 0 saturated carbocycles. The van der Waals surface area contributed by atoms with Crippen LogP contribution in [0.2, 0.25) is 0 Å². The largest absolute Gasteiger partial charge is 0.489 e. The van der Waals surface area contributed by atoms with Crippen LogP contribution in [-0.4, -0.2) is 25.2 Å². The van der Waals surface area contributed by atoms with Gasteiger partial charge in [0.2, 0.25) is 18.6 Å². The lowest BCUT2D eigenvalue weighted by molar-refractivity contribution is -0.126.